The molecule has 2 aliphatic carbocycles. The summed E-state index contributed by atoms with van der Waals surface area (Å²) >= 11 is 0. The van der Waals surface area contributed by atoms with Crippen LogP contribution in [-0.4, -0.2) is 34.0 Å². The van der Waals surface area contributed by atoms with Gasteiger partial charge in [-0.1, -0.05) is 24.6 Å². The van der Waals surface area contributed by atoms with E-state index < -0.39 is 5.91 Å². The number of amides is 1. The lowest BCUT2D eigenvalue weighted by Crippen LogP contribution is -2.40. The Balaban J connectivity index is 1.35. The van der Waals surface area contributed by atoms with Gasteiger partial charge in [-0.2, -0.15) is 5.10 Å². The molecule has 2 saturated carbocycles. The maximum atomic E-state index is 12.5. The first-order chi connectivity index (χ1) is 14.4. The number of anilines is 1. The number of para-hydroxylation sites is 1. The number of aryl methyl sites for hydroxylation is 1. The van der Waals surface area contributed by atoms with Gasteiger partial charge in [0.1, 0.15) is 5.78 Å². The maximum Gasteiger partial charge on any atom is 0.309 e. The first kappa shape index (κ1) is 20.3. The molecule has 0 saturated heterocycles. The van der Waals surface area contributed by atoms with E-state index in [1.807, 2.05) is 44.2 Å². The number of ether oxygens (including phenoxy) is 1. The van der Waals surface area contributed by atoms with Crippen molar-refractivity contribution >= 4 is 23.3 Å². The number of nitrogens with one attached hydrogen (secondary N) is 1. The van der Waals surface area contributed by atoms with Crippen molar-refractivity contribution in [1.82, 2.24) is 9.78 Å². The number of ketones is 1. The standard InChI is InChI=1S/C23H27N3O4/c1-14-21(15(2)26(25-14)19-9-4-3-5-10-19)24-20(27)13-30-23(29)18-11-16-7-6-8-17(12-18)22(16)28/h3-5,9-10,16-18H,6-8,11-13H2,1-2H3,(H,24,27)/t16-,17+,18?. The monoisotopic (exact) mass is 409 g/mol. The predicted octanol–water partition coefficient (Wildman–Crippen LogP) is 3.37. The summed E-state index contributed by atoms with van der Waals surface area (Å²) in [6.45, 7) is 3.37. The highest BCUT2D eigenvalue weighted by Gasteiger charge is 2.41. The smallest absolute Gasteiger partial charge is 0.309 e. The molecular weight excluding hydrogens is 382 g/mol. The zero-order chi connectivity index (χ0) is 21.3. The fraction of sp³-hybridized carbons (Fsp3) is 0.478. The summed E-state index contributed by atoms with van der Waals surface area (Å²) in [4.78, 5) is 37.1. The molecule has 2 aromatic rings. The van der Waals surface area contributed by atoms with Crippen molar-refractivity contribution in [2.45, 2.75) is 46.0 Å². The van der Waals surface area contributed by atoms with Gasteiger partial charge in [0.15, 0.2) is 6.61 Å². The van der Waals surface area contributed by atoms with Gasteiger partial charge in [0, 0.05) is 11.8 Å². The second kappa shape index (κ2) is 8.42. The number of carbonyl (C=O) groups is 3. The topological polar surface area (TPSA) is 90.3 Å². The molecule has 2 fully saturated rings. The number of rotatable bonds is 5. The number of fused-ring (bicyclic) bond motifs is 2. The van der Waals surface area contributed by atoms with Crippen LogP contribution in [0.5, 0.6) is 0 Å². The van der Waals surface area contributed by atoms with Crippen LogP contribution in [0.25, 0.3) is 5.69 Å². The number of aromatic nitrogens is 2. The van der Waals surface area contributed by atoms with Gasteiger partial charge in [0.25, 0.3) is 5.91 Å². The van der Waals surface area contributed by atoms with Crippen molar-refractivity contribution in [3.05, 3.63) is 41.7 Å². The van der Waals surface area contributed by atoms with Crippen molar-refractivity contribution in [3.63, 3.8) is 0 Å². The van der Waals surface area contributed by atoms with Gasteiger partial charge in [-0.05, 0) is 51.7 Å². The predicted molar refractivity (Wildman–Crippen MR) is 111 cm³/mol. The zero-order valence-electron chi connectivity index (χ0n) is 17.4. The SMILES string of the molecule is Cc1nn(-c2ccccc2)c(C)c1NC(=O)COC(=O)C1C[C@H]2CCC[C@@H](C1)C2=O. The summed E-state index contributed by atoms with van der Waals surface area (Å²) in [6, 6.07) is 9.67. The Labute approximate surface area is 175 Å². The second-order valence-corrected chi connectivity index (χ2v) is 8.34. The van der Waals surface area contributed by atoms with Gasteiger partial charge in [0.05, 0.1) is 28.7 Å². The third-order valence-electron chi connectivity index (χ3n) is 6.28. The lowest BCUT2D eigenvalue weighted by molar-refractivity contribution is -0.155. The summed E-state index contributed by atoms with van der Waals surface area (Å²) in [5.74, 6) is -0.771. The van der Waals surface area contributed by atoms with Crippen LogP contribution in [0.15, 0.2) is 30.3 Å². The molecular formula is C23H27N3O4. The Hall–Kier alpha value is -2.96. The molecule has 7 heteroatoms. The number of Topliss-reactive ketones (excluding diaryl/α,β-unsaturated/α-hetero) is 1. The van der Waals surface area contributed by atoms with E-state index in [9.17, 15) is 14.4 Å². The minimum Gasteiger partial charge on any atom is -0.455 e. The molecule has 2 aliphatic rings. The van der Waals surface area contributed by atoms with Crippen LogP contribution in [-0.2, 0) is 19.1 Å². The molecule has 1 unspecified atom stereocenters. The van der Waals surface area contributed by atoms with Gasteiger partial charge in [-0.25, -0.2) is 4.68 Å². The van der Waals surface area contributed by atoms with E-state index in [1.54, 1.807) is 4.68 Å². The highest BCUT2D eigenvalue weighted by molar-refractivity contribution is 5.94. The second-order valence-electron chi connectivity index (χ2n) is 8.34. The first-order valence-electron chi connectivity index (χ1n) is 10.6. The fourth-order valence-electron chi connectivity index (χ4n) is 4.75. The van der Waals surface area contributed by atoms with Gasteiger partial charge in [0.2, 0.25) is 0 Å². The normalized spacial score (nSPS) is 23.1. The Morgan fingerprint density at radius 2 is 1.80 bits per heavy atom. The van der Waals surface area contributed by atoms with E-state index >= 15 is 0 Å². The third-order valence-corrected chi connectivity index (χ3v) is 6.28. The van der Waals surface area contributed by atoms with Crippen LogP contribution >= 0.6 is 0 Å². The third kappa shape index (κ3) is 4.01. The number of nitrogens with zero attached hydrogens (tertiary/aromatic N) is 2. The molecule has 3 atom stereocenters. The summed E-state index contributed by atoms with van der Waals surface area (Å²) in [6.07, 6.45) is 3.89. The van der Waals surface area contributed by atoms with Crippen LogP contribution in [0.2, 0.25) is 0 Å². The van der Waals surface area contributed by atoms with Gasteiger partial charge >= 0.3 is 5.97 Å². The maximum absolute atomic E-state index is 12.5. The molecule has 0 aliphatic heterocycles. The zero-order valence-corrected chi connectivity index (χ0v) is 17.4. The number of carbonyl (C=O) groups excluding carboxylic acids is 3. The minimum absolute atomic E-state index is 0.0157. The van der Waals surface area contributed by atoms with Crippen LogP contribution in [0, 0.1) is 31.6 Å². The van der Waals surface area contributed by atoms with Crippen molar-refractivity contribution in [2.24, 2.45) is 17.8 Å². The lowest BCUT2D eigenvalue weighted by atomic mass is 9.67. The van der Waals surface area contributed by atoms with E-state index in [4.69, 9.17) is 4.74 Å². The number of hydrogen-bond acceptors (Lipinski definition) is 5. The van der Waals surface area contributed by atoms with E-state index in [0.717, 1.165) is 30.6 Å². The Morgan fingerprint density at radius 1 is 1.13 bits per heavy atom. The summed E-state index contributed by atoms with van der Waals surface area (Å²) in [7, 11) is 0. The number of hydrogen-bond donors (Lipinski definition) is 1. The lowest BCUT2D eigenvalue weighted by Gasteiger charge is -2.36. The van der Waals surface area contributed by atoms with Crippen molar-refractivity contribution < 1.29 is 19.1 Å². The van der Waals surface area contributed by atoms with E-state index in [-0.39, 0.29) is 30.3 Å². The molecule has 7 nitrogen and oxygen atoms in total. The van der Waals surface area contributed by atoms with Crippen molar-refractivity contribution in [3.8, 4) is 5.69 Å². The largest absolute Gasteiger partial charge is 0.455 e. The van der Waals surface area contributed by atoms with E-state index in [2.05, 4.69) is 10.4 Å². The molecule has 0 spiro atoms. The molecule has 4 rings (SSSR count). The van der Waals surface area contributed by atoms with Crippen LogP contribution in [0.1, 0.15) is 43.5 Å². The number of benzene rings is 1. The summed E-state index contributed by atoms with van der Waals surface area (Å²) in [5.41, 5.74) is 3.02. The average Bonchev–Trinajstić information content (AvgIpc) is 3.00. The molecule has 0 radical (unpaired) electrons. The van der Waals surface area contributed by atoms with Gasteiger partial charge in [-0.3, -0.25) is 14.4 Å². The minimum atomic E-state index is -0.394. The molecule has 1 heterocycles. The first-order valence-corrected chi connectivity index (χ1v) is 10.6. The quantitative estimate of drug-likeness (QED) is 0.765. The Bertz CT molecular complexity index is 950. The summed E-state index contributed by atoms with van der Waals surface area (Å²) < 4.78 is 7.07. The van der Waals surface area contributed by atoms with Crippen LogP contribution in [0.4, 0.5) is 5.69 Å². The molecule has 1 aromatic carbocycles. The van der Waals surface area contributed by atoms with Crippen LogP contribution in [0.3, 0.4) is 0 Å². The highest BCUT2D eigenvalue weighted by Crippen LogP contribution is 2.40. The highest BCUT2D eigenvalue weighted by atomic mass is 16.5. The molecule has 30 heavy (non-hydrogen) atoms. The Kier molecular flexibility index (Phi) is 5.70. The average molecular weight is 409 g/mol. The summed E-state index contributed by atoms with van der Waals surface area (Å²) in [5, 5.41) is 7.32. The fourth-order valence-corrected chi connectivity index (χ4v) is 4.75. The van der Waals surface area contributed by atoms with Gasteiger partial charge in [-0.15, -0.1) is 0 Å². The van der Waals surface area contributed by atoms with Gasteiger partial charge < -0.3 is 10.1 Å². The molecule has 1 N–H and O–H groups in total. The molecule has 1 amide bonds. The van der Waals surface area contributed by atoms with Crippen LogP contribution < -0.4 is 5.32 Å². The number of esters is 1. The van der Waals surface area contributed by atoms with Crippen molar-refractivity contribution in [2.75, 3.05) is 11.9 Å². The van der Waals surface area contributed by atoms with E-state index in [0.29, 0.717) is 30.0 Å². The van der Waals surface area contributed by atoms with E-state index in [1.165, 1.54) is 0 Å². The Morgan fingerprint density at radius 3 is 2.47 bits per heavy atom. The van der Waals surface area contributed by atoms with Crippen molar-refractivity contribution in [1.29, 1.82) is 0 Å². The molecule has 2 bridgehead atoms. The molecule has 158 valence electrons. The molecule has 1 aromatic heterocycles.